The molecule has 0 saturated heterocycles. The molecule has 0 aliphatic carbocycles. The van der Waals surface area contributed by atoms with E-state index in [1.54, 1.807) is 6.07 Å². The Hall–Kier alpha value is -5.48. The minimum atomic E-state index is 0.200. The number of aromatic hydroxyl groups is 1. The molecule has 0 amide bonds. The molecule has 0 spiro atoms. The number of phenolic OH excluding ortho intramolecular Hbond substituents is 1. The van der Waals surface area contributed by atoms with Gasteiger partial charge < -0.3 is 5.11 Å². The molecule has 5 aromatic carbocycles. The van der Waals surface area contributed by atoms with E-state index in [4.69, 9.17) is 9.97 Å². The van der Waals surface area contributed by atoms with Crippen LogP contribution in [0.5, 0.6) is 5.75 Å². The second-order valence-corrected chi connectivity index (χ2v) is 15.7. The molecule has 0 aliphatic heterocycles. The van der Waals surface area contributed by atoms with Crippen molar-refractivity contribution in [3.05, 3.63) is 143 Å². The molecule has 0 bridgehead atoms. The maximum absolute atomic E-state index is 11.4. The number of aryl methyl sites for hydroxylation is 1. The molecular formula is C49H51N3O. The van der Waals surface area contributed by atoms with Gasteiger partial charge in [0.05, 0.1) is 33.7 Å². The van der Waals surface area contributed by atoms with Gasteiger partial charge in [0, 0.05) is 16.7 Å². The first kappa shape index (κ1) is 35.9. The maximum atomic E-state index is 11.4. The molecule has 0 aliphatic rings. The zero-order chi connectivity index (χ0) is 37.6. The Balaban J connectivity index is 1.63. The number of phenols is 1. The van der Waals surface area contributed by atoms with E-state index in [0.29, 0.717) is 23.2 Å². The van der Waals surface area contributed by atoms with Gasteiger partial charge in [-0.25, -0.2) is 9.97 Å². The van der Waals surface area contributed by atoms with Crippen LogP contribution in [0.2, 0.25) is 0 Å². The van der Waals surface area contributed by atoms with Gasteiger partial charge in [0.1, 0.15) is 11.6 Å². The molecule has 2 aromatic heterocycles. The van der Waals surface area contributed by atoms with Crippen LogP contribution in [0.3, 0.4) is 0 Å². The Bertz CT molecular complexity index is 2380. The summed E-state index contributed by atoms with van der Waals surface area (Å²) in [6, 6.07) is 40.4. The number of rotatable bonds is 9. The normalized spacial score (nSPS) is 11.9. The first-order valence-electron chi connectivity index (χ1n) is 19.1. The molecule has 0 atom stereocenters. The van der Waals surface area contributed by atoms with Crippen molar-refractivity contribution in [2.75, 3.05) is 0 Å². The average molecular weight is 698 g/mol. The van der Waals surface area contributed by atoms with E-state index in [0.717, 1.165) is 50.4 Å². The minimum absolute atomic E-state index is 0.200. The molecule has 53 heavy (non-hydrogen) atoms. The second-order valence-electron chi connectivity index (χ2n) is 15.7. The number of para-hydroxylation sites is 3. The quantitative estimate of drug-likeness (QED) is 0.163. The summed E-state index contributed by atoms with van der Waals surface area (Å²) in [5, 5.41) is 11.4. The topological polar surface area (TPSA) is 50.9 Å². The molecule has 268 valence electrons. The Morgan fingerprint density at radius 1 is 0.547 bits per heavy atom. The van der Waals surface area contributed by atoms with E-state index in [2.05, 4.69) is 152 Å². The van der Waals surface area contributed by atoms with Gasteiger partial charge >= 0.3 is 0 Å². The van der Waals surface area contributed by atoms with Crippen LogP contribution in [0, 0.1) is 6.92 Å². The van der Waals surface area contributed by atoms with E-state index >= 15 is 0 Å². The van der Waals surface area contributed by atoms with Crippen molar-refractivity contribution in [2.45, 2.75) is 86.0 Å². The molecule has 4 heteroatoms. The van der Waals surface area contributed by atoms with E-state index in [9.17, 15) is 5.11 Å². The summed E-state index contributed by atoms with van der Waals surface area (Å²) >= 11 is 0. The summed E-state index contributed by atoms with van der Waals surface area (Å²) < 4.78 is 2.29. The van der Waals surface area contributed by atoms with Gasteiger partial charge in [-0.3, -0.25) is 4.57 Å². The fourth-order valence-corrected chi connectivity index (χ4v) is 7.61. The highest BCUT2D eigenvalue weighted by Crippen LogP contribution is 2.44. The molecule has 0 radical (unpaired) electrons. The van der Waals surface area contributed by atoms with Gasteiger partial charge in [0.15, 0.2) is 0 Å². The van der Waals surface area contributed by atoms with Crippen molar-refractivity contribution in [3.8, 4) is 56.5 Å². The van der Waals surface area contributed by atoms with Crippen LogP contribution in [0.1, 0.15) is 107 Å². The van der Waals surface area contributed by atoms with Crippen LogP contribution < -0.4 is 0 Å². The minimum Gasteiger partial charge on any atom is -0.507 e. The molecule has 0 fully saturated rings. The summed E-state index contributed by atoms with van der Waals surface area (Å²) in [5.74, 6) is 2.20. The van der Waals surface area contributed by atoms with Gasteiger partial charge in [-0.1, -0.05) is 146 Å². The Morgan fingerprint density at radius 3 is 1.74 bits per heavy atom. The van der Waals surface area contributed by atoms with Crippen molar-refractivity contribution in [1.82, 2.24) is 14.5 Å². The second kappa shape index (κ2) is 14.5. The first-order chi connectivity index (χ1) is 25.4. The molecule has 1 N–H and O–H groups in total. The van der Waals surface area contributed by atoms with Crippen LogP contribution in [0.15, 0.2) is 115 Å². The van der Waals surface area contributed by atoms with Crippen LogP contribution in [0.4, 0.5) is 0 Å². The fourth-order valence-electron chi connectivity index (χ4n) is 7.61. The predicted molar refractivity (Wildman–Crippen MR) is 223 cm³/mol. The zero-order valence-corrected chi connectivity index (χ0v) is 32.6. The number of nitrogens with zero attached hydrogens (tertiary/aromatic N) is 3. The Kier molecular flexibility index (Phi) is 9.83. The molecule has 7 rings (SSSR count). The lowest BCUT2D eigenvalue weighted by molar-refractivity contribution is 0.477. The number of benzene rings is 5. The SMILES string of the molecule is Cc1cc(-c2ccccc2)nc(-c2cccc3c2nc(-c2ccccc2O)n3-c2c(C(C)C)cccc2C(C)C)c1-c1cc(C(C)C)cc(C(C)C)c1. The average Bonchev–Trinajstić information content (AvgIpc) is 3.53. The van der Waals surface area contributed by atoms with Crippen molar-refractivity contribution in [1.29, 1.82) is 0 Å². The lowest BCUT2D eigenvalue weighted by atomic mass is 9.87. The highest BCUT2D eigenvalue weighted by atomic mass is 16.3. The third-order valence-electron chi connectivity index (χ3n) is 10.5. The summed E-state index contributed by atoms with van der Waals surface area (Å²) in [5.41, 5.74) is 16.1. The van der Waals surface area contributed by atoms with E-state index in [-0.39, 0.29) is 17.6 Å². The molecule has 4 nitrogen and oxygen atoms in total. The lowest BCUT2D eigenvalue weighted by Crippen LogP contribution is -2.08. The van der Waals surface area contributed by atoms with Gasteiger partial charge in [0.25, 0.3) is 0 Å². The summed E-state index contributed by atoms with van der Waals surface area (Å²) in [6.07, 6.45) is 0. The van der Waals surface area contributed by atoms with Crippen molar-refractivity contribution >= 4 is 11.0 Å². The highest BCUT2D eigenvalue weighted by Gasteiger charge is 2.26. The van der Waals surface area contributed by atoms with Crippen molar-refractivity contribution in [2.24, 2.45) is 0 Å². The number of hydrogen-bond donors (Lipinski definition) is 1. The van der Waals surface area contributed by atoms with E-state index in [1.807, 2.05) is 24.3 Å². The van der Waals surface area contributed by atoms with Gasteiger partial charge in [-0.05, 0) is 88.2 Å². The number of hydrogen-bond acceptors (Lipinski definition) is 3. The monoisotopic (exact) mass is 697 g/mol. The zero-order valence-electron chi connectivity index (χ0n) is 32.6. The molecule has 2 heterocycles. The van der Waals surface area contributed by atoms with Gasteiger partial charge in [0.2, 0.25) is 0 Å². The van der Waals surface area contributed by atoms with Crippen LogP contribution in [-0.4, -0.2) is 19.6 Å². The first-order valence-corrected chi connectivity index (χ1v) is 19.1. The summed E-state index contributed by atoms with van der Waals surface area (Å²) in [6.45, 7) is 20.3. The highest BCUT2D eigenvalue weighted by molar-refractivity contribution is 6.00. The van der Waals surface area contributed by atoms with E-state index in [1.165, 1.54) is 27.8 Å². The largest absolute Gasteiger partial charge is 0.507 e. The fraction of sp³-hybridized carbons (Fsp3) is 0.265. The third-order valence-corrected chi connectivity index (χ3v) is 10.5. The summed E-state index contributed by atoms with van der Waals surface area (Å²) in [7, 11) is 0. The molecule has 7 aromatic rings. The van der Waals surface area contributed by atoms with Gasteiger partial charge in [-0.2, -0.15) is 0 Å². The van der Waals surface area contributed by atoms with E-state index < -0.39 is 0 Å². The number of fused-ring (bicyclic) bond motifs is 1. The smallest absolute Gasteiger partial charge is 0.149 e. The van der Waals surface area contributed by atoms with Crippen LogP contribution >= 0.6 is 0 Å². The standard InChI is InChI=1S/C49H51N3O/c1-29(2)35-26-36(30(3)4)28-37(27-35)45-33(9)25-42(34-17-11-10-12-18-34)50-47(45)41-22-16-23-43-46(41)51-49(40-19-13-14-24-44(40)53)52(43)48-38(31(5)6)20-15-21-39(48)32(7)8/h10-32,53H,1-9H3. The molecule has 0 unspecified atom stereocenters. The Morgan fingerprint density at radius 2 is 1.13 bits per heavy atom. The van der Waals surface area contributed by atoms with Crippen LogP contribution in [-0.2, 0) is 0 Å². The Labute approximate surface area is 315 Å². The summed E-state index contributed by atoms with van der Waals surface area (Å²) in [4.78, 5) is 11.1. The van der Waals surface area contributed by atoms with Crippen molar-refractivity contribution in [3.63, 3.8) is 0 Å². The molecule has 0 saturated carbocycles. The number of pyridine rings is 1. The number of imidazole rings is 1. The lowest BCUT2D eigenvalue weighted by Gasteiger charge is -2.23. The molecular weight excluding hydrogens is 647 g/mol. The van der Waals surface area contributed by atoms with Gasteiger partial charge in [-0.15, -0.1) is 0 Å². The number of aromatic nitrogens is 3. The third kappa shape index (κ3) is 6.68. The maximum Gasteiger partial charge on any atom is 0.149 e. The van der Waals surface area contributed by atoms with Crippen molar-refractivity contribution < 1.29 is 5.11 Å². The predicted octanol–water partition coefficient (Wildman–Crippen LogP) is 13.6. The van der Waals surface area contributed by atoms with Crippen LogP contribution in [0.25, 0.3) is 61.8 Å².